The first kappa shape index (κ1) is 12.0. The second-order valence-corrected chi connectivity index (χ2v) is 5.28. The topological polar surface area (TPSA) is 36.3 Å². The molecule has 1 aliphatic rings. The molecule has 2 aromatic rings. The lowest BCUT2D eigenvalue weighted by atomic mass is 10.2. The van der Waals surface area contributed by atoms with Gasteiger partial charge < -0.3 is 9.47 Å². The van der Waals surface area contributed by atoms with E-state index in [0.717, 1.165) is 40.6 Å². The van der Waals surface area contributed by atoms with Crippen LogP contribution in [0.25, 0.3) is 10.9 Å². The first-order valence-corrected chi connectivity index (χ1v) is 6.92. The van der Waals surface area contributed by atoms with E-state index in [1.54, 1.807) is 7.11 Å². The highest BCUT2D eigenvalue weighted by atomic mass is 79.9. The van der Waals surface area contributed by atoms with E-state index in [0.29, 0.717) is 0 Å². The van der Waals surface area contributed by atoms with Crippen LogP contribution in [0, 0.1) is 0 Å². The van der Waals surface area contributed by atoms with Gasteiger partial charge in [-0.15, -0.1) is 0 Å². The Labute approximate surface area is 114 Å². The molecule has 0 N–H and O–H groups in total. The van der Waals surface area contributed by atoms with Crippen LogP contribution in [0.4, 0.5) is 0 Å². The van der Waals surface area contributed by atoms with Gasteiger partial charge in [0, 0.05) is 12.0 Å². The van der Waals surface area contributed by atoms with Gasteiger partial charge in [0.1, 0.15) is 5.52 Å². The predicted molar refractivity (Wildman–Crippen MR) is 72.8 cm³/mol. The fourth-order valence-electron chi connectivity index (χ4n) is 2.41. The average molecular weight is 311 g/mol. The number of benzene rings is 1. The molecule has 1 atom stereocenters. The molecule has 5 heteroatoms. The summed E-state index contributed by atoms with van der Waals surface area (Å²) in [6.45, 7) is 0.808. The zero-order chi connectivity index (χ0) is 12.5. The summed E-state index contributed by atoms with van der Waals surface area (Å²) in [7, 11) is 1.68. The lowest BCUT2D eigenvalue weighted by Crippen LogP contribution is -2.19. The fourth-order valence-corrected chi connectivity index (χ4v) is 2.90. The van der Waals surface area contributed by atoms with Crippen LogP contribution < -0.4 is 4.74 Å². The number of nitrogens with zero attached hydrogens (tertiary/aromatic N) is 2. The van der Waals surface area contributed by atoms with E-state index < -0.39 is 0 Å². The molecule has 0 saturated carbocycles. The molecule has 3 rings (SSSR count). The SMILES string of the molecule is COc1c(Br)ccc2cnn(C3CCCCO3)c12. The summed E-state index contributed by atoms with van der Waals surface area (Å²) < 4.78 is 14.2. The Hall–Kier alpha value is -1.07. The third-order valence-electron chi connectivity index (χ3n) is 3.30. The molecule has 0 spiro atoms. The molecule has 1 aromatic heterocycles. The van der Waals surface area contributed by atoms with E-state index in [1.807, 2.05) is 23.0 Å². The minimum atomic E-state index is 0.0273. The Balaban J connectivity index is 2.14. The van der Waals surface area contributed by atoms with Gasteiger partial charge in [-0.3, -0.25) is 0 Å². The van der Waals surface area contributed by atoms with Crippen LogP contribution in [0.1, 0.15) is 25.5 Å². The zero-order valence-corrected chi connectivity index (χ0v) is 11.8. The molecule has 1 unspecified atom stereocenters. The summed E-state index contributed by atoms with van der Waals surface area (Å²) in [4.78, 5) is 0. The number of hydrogen-bond donors (Lipinski definition) is 0. The third-order valence-corrected chi connectivity index (χ3v) is 3.92. The highest BCUT2D eigenvalue weighted by molar-refractivity contribution is 9.10. The quantitative estimate of drug-likeness (QED) is 0.851. The van der Waals surface area contributed by atoms with Crippen molar-refractivity contribution in [2.75, 3.05) is 13.7 Å². The van der Waals surface area contributed by atoms with E-state index in [9.17, 15) is 0 Å². The number of fused-ring (bicyclic) bond motifs is 1. The molecule has 2 heterocycles. The Morgan fingerprint density at radius 1 is 1.44 bits per heavy atom. The van der Waals surface area contributed by atoms with Crippen molar-refractivity contribution in [1.29, 1.82) is 0 Å². The number of halogens is 1. The maximum atomic E-state index is 5.80. The minimum Gasteiger partial charge on any atom is -0.493 e. The van der Waals surface area contributed by atoms with E-state index >= 15 is 0 Å². The summed E-state index contributed by atoms with van der Waals surface area (Å²) >= 11 is 3.51. The zero-order valence-electron chi connectivity index (χ0n) is 10.2. The highest BCUT2D eigenvalue weighted by Crippen LogP contribution is 2.36. The highest BCUT2D eigenvalue weighted by Gasteiger charge is 2.21. The van der Waals surface area contributed by atoms with Gasteiger partial charge in [0.05, 0.1) is 17.8 Å². The molecule has 4 nitrogen and oxygen atoms in total. The first-order chi connectivity index (χ1) is 8.81. The fraction of sp³-hybridized carbons (Fsp3) is 0.462. The normalized spacial score (nSPS) is 20.2. The van der Waals surface area contributed by atoms with E-state index in [1.165, 1.54) is 6.42 Å². The van der Waals surface area contributed by atoms with Crippen molar-refractivity contribution in [2.24, 2.45) is 0 Å². The van der Waals surface area contributed by atoms with Crippen LogP contribution in [0.3, 0.4) is 0 Å². The molecule has 0 amide bonds. The molecule has 1 fully saturated rings. The molecule has 96 valence electrons. The van der Waals surface area contributed by atoms with Crippen LogP contribution in [-0.4, -0.2) is 23.5 Å². The molecule has 1 saturated heterocycles. The Morgan fingerprint density at radius 3 is 3.06 bits per heavy atom. The van der Waals surface area contributed by atoms with Gasteiger partial charge in [-0.2, -0.15) is 5.10 Å². The second-order valence-electron chi connectivity index (χ2n) is 4.43. The molecular formula is C13H15BrN2O2. The van der Waals surface area contributed by atoms with Crippen molar-refractivity contribution in [2.45, 2.75) is 25.5 Å². The summed E-state index contributed by atoms with van der Waals surface area (Å²) in [6, 6.07) is 4.02. The molecular weight excluding hydrogens is 296 g/mol. The maximum absolute atomic E-state index is 5.80. The van der Waals surface area contributed by atoms with Gasteiger partial charge in [0.25, 0.3) is 0 Å². The molecule has 18 heavy (non-hydrogen) atoms. The molecule has 0 bridgehead atoms. The van der Waals surface area contributed by atoms with Crippen molar-refractivity contribution < 1.29 is 9.47 Å². The molecule has 0 radical (unpaired) electrons. The van der Waals surface area contributed by atoms with Crippen LogP contribution in [0.5, 0.6) is 5.75 Å². The third kappa shape index (κ3) is 1.91. The van der Waals surface area contributed by atoms with E-state index in [4.69, 9.17) is 9.47 Å². The van der Waals surface area contributed by atoms with Crippen LogP contribution in [0.15, 0.2) is 22.8 Å². The van der Waals surface area contributed by atoms with E-state index in [-0.39, 0.29) is 6.23 Å². The number of ether oxygens (including phenoxy) is 2. The van der Waals surface area contributed by atoms with Crippen LogP contribution >= 0.6 is 15.9 Å². The number of hydrogen-bond acceptors (Lipinski definition) is 3. The largest absolute Gasteiger partial charge is 0.493 e. The molecule has 0 aliphatic carbocycles. The maximum Gasteiger partial charge on any atom is 0.159 e. The summed E-state index contributed by atoms with van der Waals surface area (Å²) in [6.07, 6.45) is 5.22. The van der Waals surface area contributed by atoms with Gasteiger partial charge in [0.2, 0.25) is 0 Å². The number of aromatic nitrogens is 2. The number of methoxy groups -OCH3 is 1. The Morgan fingerprint density at radius 2 is 2.33 bits per heavy atom. The number of rotatable bonds is 2. The summed E-state index contributed by atoms with van der Waals surface area (Å²) in [5, 5.41) is 5.53. The lowest BCUT2D eigenvalue weighted by molar-refractivity contribution is -0.0368. The van der Waals surface area contributed by atoms with Crippen LogP contribution in [0.2, 0.25) is 0 Å². The van der Waals surface area contributed by atoms with Crippen molar-refractivity contribution in [3.8, 4) is 5.75 Å². The van der Waals surface area contributed by atoms with Crippen molar-refractivity contribution in [1.82, 2.24) is 9.78 Å². The van der Waals surface area contributed by atoms with Gasteiger partial charge in [-0.05, 0) is 47.3 Å². The monoisotopic (exact) mass is 310 g/mol. The molecule has 1 aliphatic heterocycles. The second kappa shape index (κ2) is 4.90. The summed E-state index contributed by atoms with van der Waals surface area (Å²) in [5.41, 5.74) is 0.999. The van der Waals surface area contributed by atoms with E-state index in [2.05, 4.69) is 21.0 Å². The lowest BCUT2D eigenvalue weighted by Gasteiger charge is -2.24. The summed E-state index contributed by atoms with van der Waals surface area (Å²) in [5.74, 6) is 0.819. The minimum absolute atomic E-state index is 0.0273. The van der Waals surface area contributed by atoms with Gasteiger partial charge >= 0.3 is 0 Å². The standard InChI is InChI=1S/C13H15BrN2O2/c1-17-13-10(14)6-5-9-8-15-16(12(9)13)11-4-2-3-7-18-11/h5-6,8,11H,2-4,7H2,1H3. The van der Waals surface area contributed by atoms with Gasteiger partial charge in [-0.1, -0.05) is 0 Å². The Kier molecular flexibility index (Phi) is 3.26. The van der Waals surface area contributed by atoms with Gasteiger partial charge in [0.15, 0.2) is 12.0 Å². The molecule has 1 aromatic carbocycles. The first-order valence-electron chi connectivity index (χ1n) is 6.12. The van der Waals surface area contributed by atoms with Crippen molar-refractivity contribution in [3.05, 3.63) is 22.8 Å². The smallest absolute Gasteiger partial charge is 0.159 e. The van der Waals surface area contributed by atoms with Crippen LogP contribution in [-0.2, 0) is 4.74 Å². The Bertz CT molecular complexity index is 561. The van der Waals surface area contributed by atoms with Crippen molar-refractivity contribution >= 4 is 26.8 Å². The van der Waals surface area contributed by atoms with Gasteiger partial charge in [-0.25, -0.2) is 4.68 Å². The average Bonchev–Trinajstić information content (AvgIpc) is 2.83. The predicted octanol–water partition coefficient (Wildman–Crippen LogP) is 3.51. The van der Waals surface area contributed by atoms with Crippen molar-refractivity contribution in [3.63, 3.8) is 0 Å².